The zero-order chi connectivity index (χ0) is 18.2. The van der Waals surface area contributed by atoms with E-state index in [0.717, 1.165) is 5.56 Å². The number of aromatic hydroxyl groups is 2. The molecule has 0 aliphatic rings. The summed E-state index contributed by atoms with van der Waals surface area (Å²) in [6.45, 7) is 0. The van der Waals surface area contributed by atoms with Crippen LogP contribution < -0.4 is 5.32 Å². The monoisotopic (exact) mass is 341 g/mol. The average Bonchev–Trinajstić information content (AvgIpc) is 2.62. The Balaban J connectivity index is 2.06. The lowest BCUT2D eigenvalue weighted by Gasteiger charge is -2.16. The number of nitrogens with one attached hydrogen (secondary N) is 1. The molecular weight excluding hydrogens is 322 g/mol. The van der Waals surface area contributed by atoms with E-state index in [1.165, 1.54) is 25.3 Å². The first-order valence-electron chi connectivity index (χ1n) is 7.62. The number of phenolic OH excluding ortho intramolecular Hbond substituents is 2. The molecule has 0 fully saturated rings. The Morgan fingerprint density at radius 2 is 1.84 bits per heavy atom. The van der Waals surface area contributed by atoms with Gasteiger partial charge in [0, 0.05) is 12.5 Å². The van der Waals surface area contributed by atoms with Crippen molar-refractivity contribution in [3.8, 4) is 11.5 Å². The van der Waals surface area contributed by atoms with E-state index in [9.17, 15) is 19.8 Å². The normalized spacial score (nSPS) is 11.9. The second-order valence-corrected chi connectivity index (χ2v) is 5.36. The number of benzene rings is 2. The highest BCUT2D eigenvalue weighted by molar-refractivity contribution is 5.94. The van der Waals surface area contributed by atoms with Crippen molar-refractivity contribution in [2.24, 2.45) is 0 Å². The van der Waals surface area contributed by atoms with E-state index < -0.39 is 17.9 Å². The minimum absolute atomic E-state index is 0.116. The van der Waals surface area contributed by atoms with Gasteiger partial charge < -0.3 is 20.3 Å². The number of carbonyl (C=O) groups excluding carboxylic acids is 2. The number of rotatable bonds is 6. The minimum Gasteiger partial charge on any atom is -0.504 e. The average molecular weight is 341 g/mol. The molecule has 0 saturated carbocycles. The Hall–Kier alpha value is -3.28. The van der Waals surface area contributed by atoms with Crippen LogP contribution in [0, 0.1) is 0 Å². The van der Waals surface area contributed by atoms with Gasteiger partial charge in [0.2, 0.25) is 5.91 Å². The molecule has 0 aliphatic heterocycles. The van der Waals surface area contributed by atoms with Crippen molar-refractivity contribution < 1.29 is 24.5 Å². The number of hydrogen-bond acceptors (Lipinski definition) is 5. The quantitative estimate of drug-likeness (QED) is 0.424. The summed E-state index contributed by atoms with van der Waals surface area (Å²) in [7, 11) is 1.23. The second-order valence-electron chi connectivity index (χ2n) is 5.36. The fourth-order valence-corrected chi connectivity index (χ4v) is 2.22. The van der Waals surface area contributed by atoms with E-state index in [1.54, 1.807) is 12.1 Å². The molecule has 0 bridgehead atoms. The molecule has 0 heterocycles. The van der Waals surface area contributed by atoms with Gasteiger partial charge in [0.15, 0.2) is 11.5 Å². The van der Waals surface area contributed by atoms with Gasteiger partial charge in [-0.05, 0) is 29.3 Å². The number of ether oxygens (including phenoxy) is 1. The highest BCUT2D eigenvalue weighted by atomic mass is 16.5. The molecule has 6 nitrogen and oxygen atoms in total. The lowest BCUT2D eigenvalue weighted by molar-refractivity contribution is -0.144. The summed E-state index contributed by atoms with van der Waals surface area (Å²) in [6, 6.07) is 12.6. The van der Waals surface area contributed by atoms with E-state index in [-0.39, 0.29) is 17.9 Å². The molecule has 0 spiro atoms. The lowest BCUT2D eigenvalue weighted by Crippen LogP contribution is -2.42. The van der Waals surface area contributed by atoms with Crippen LogP contribution in [0.25, 0.3) is 6.08 Å². The molecule has 0 unspecified atom stereocenters. The first-order valence-corrected chi connectivity index (χ1v) is 7.62. The summed E-state index contributed by atoms with van der Waals surface area (Å²) in [6.07, 6.45) is 3.08. The minimum atomic E-state index is -0.915. The number of amides is 1. The van der Waals surface area contributed by atoms with Crippen LogP contribution in [0.2, 0.25) is 0 Å². The fraction of sp³-hybridized carbons (Fsp3) is 0.158. The summed E-state index contributed by atoms with van der Waals surface area (Å²) < 4.78 is 4.71. The third-order valence-electron chi connectivity index (χ3n) is 3.51. The summed E-state index contributed by atoms with van der Waals surface area (Å²) in [5.74, 6) is -1.60. The van der Waals surface area contributed by atoms with E-state index >= 15 is 0 Å². The molecule has 1 atom stereocenters. The smallest absolute Gasteiger partial charge is 0.328 e. The molecule has 130 valence electrons. The van der Waals surface area contributed by atoms with E-state index in [0.29, 0.717) is 5.56 Å². The molecule has 0 saturated heterocycles. The lowest BCUT2D eigenvalue weighted by atomic mass is 10.1. The molecule has 0 radical (unpaired) electrons. The van der Waals surface area contributed by atoms with E-state index in [1.807, 2.05) is 30.3 Å². The molecule has 6 heteroatoms. The van der Waals surface area contributed by atoms with Crippen LogP contribution in [0.5, 0.6) is 11.5 Å². The third-order valence-corrected chi connectivity index (χ3v) is 3.51. The summed E-state index contributed by atoms with van der Waals surface area (Å²) in [4.78, 5) is 24.0. The molecule has 25 heavy (non-hydrogen) atoms. The molecule has 1 amide bonds. The van der Waals surface area contributed by atoms with Gasteiger partial charge in [-0.2, -0.15) is 0 Å². The van der Waals surface area contributed by atoms with Crippen molar-refractivity contribution in [1.82, 2.24) is 5.32 Å². The van der Waals surface area contributed by atoms with Crippen molar-refractivity contribution in [1.29, 1.82) is 0 Å². The SMILES string of the molecule is COC(=O)[C@H](Cc1ccc(O)c(O)c1)NC(=O)/C=C/c1ccccc1. The summed E-state index contributed by atoms with van der Waals surface area (Å²) in [5, 5.41) is 21.4. The molecule has 2 aromatic rings. The van der Waals surface area contributed by atoms with Crippen molar-refractivity contribution in [2.45, 2.75) is 12.5 Å². The van der Waals surface area contributed by atoms with Crippen LogP contribution in [0.15, 0.2) is 54.6 Å². The van der Waals surface area contributed by atoms with Crippen molar-refractivity contribution in [3.63, 3.8) is 0 Å². The van der Waals surface area contributed by atoms with Gasteiger partial charge >= 0.3 is 5.97 Å². The van der Waals surface area contributed by atoms with Gasteiger partial charge in [0.1, 0.15) is 6.04 Å². The summed E-state index contributed by atoms with van der Waals surface area (Å²) >= 11 is 0. The zero-order valence-electron chi connectivity index (χ0n) is 13.7. The van der Waals surface area contributed by atoms with Gasteiger partial charge in [-0.25, -0.2) is 4.79 Å². The predicted molar refractivity (Wildman–Crippen MR) is 92.9 cm³/mol. The Labute approximate surface area is 145 Å². The van der Waals surface area contributed by atoms with Crippen molar-refractivity contribution in [3.05, 3.63) is 65.7 Å². The van der Waals surface area contributed by atoms with Crippen LogP contribution in [0.3, 0.4) is 0 Å². The van der Waals surface area contributed by atoms with E-state index in [2.05, 4.69) is 5.32 Å². The van der Waals surface area contributed by atoms with Crippen LogP contribution in [0.1, 0.15) is 11.1 Å². The molecular formula is C19H19NO5. The maximum Gasteiger partial charge on any atom is 0.328 e. The molecule has 0 aromatic heterocycles. The van der Waals surface area contributed by atoms with Gasteiger partial charge in [0.25, 0.3) is 0 Å². The predicted octanol–water partition coefficient (Wildman–Crippen LogP) is 2.01. The standard InChI is InChI=1S/C19H19NO5/c1-25-19(24)15(11-14-7-9-16(21)17(22)12-14)20-18(23)10-8-13-5-3-2-4-6-13/h2-10,12,15,21-22H,11H2,1H3,(H,20,23)/b10-8+/t15-/m0/s1. The number of carbonyl (C=O) groups is 2. The Morgan fingerprint density at radius 3 is 2.48 bits per heavy atom. The van der Waals surface area contributed by atoms with Crippen LogP contribution in [0.4, 0.5) is 0 Å². The fourth-order valence-electron chi connectivity index (χ4n) is 2.22. The number of esters is 1. The zero-order valence-corrected chi connectivity index (χ0v) is 13.7. The topological polar surface area (TPSA) is 95.9 Å². The Morgan fingerprint density at radius 1 is 1.12 bits per heavy atom. The van der Waals surface area contributed by atoms with Crippen LogP contribution in [-0.2, 0) is 20.7 Å². The highest BCUT2D eigenvalue weighted by Gasteiger charge is 2.21. The first kappa shape index (κ1) is 18.1. The van der Waals surface area contributed by atoms with Gasteiger partial charge in [0.05, 0.1) is 7.11 Å². The Kier molecular flexibility index (Phi) is 6.17. The number of methoxy groups -OCH3 is 1. The highest BCUT2D eigenvalue weighted by Crippen LogP contribution is 2.25. The second kappa shape index (κ2) is 8.54. The Bertz CT molecular complexity index is 771. The van der Waals surface area contributed by atoms with Crippen LogP contribution in [-0.4, -0.2) is 35.2 Å². The van der Waals surface area contributed by atoms with Crippen molar-refractivity contribution in [2.75, 3.05) is 7.11 Å². The van der Waals surface area contributed by atoms with Crippen molar-refractivity contribution >= 4 is 18.0 Å². The maximum atomic E-state index is 12.1. The number of phenols is 2. The maximum absolute atomic E-state index is 12.1. The third kappa shape index (κ3) is 5.39. The molecule has 2 aromatic carbocycles. The first-order chi connectivity index (χ1) is 12.0. The molecule has 2 rings (SSSR count). The van der Waals surface area contributed by atoms with Crippen LogP contribution >= 0.6 is 0 Å². The summed E-state index contributed by atoms with van der Waals surface area (Å²) in [5.41, 5.74) is 1.42. The van der Waals surface area contributed by atoms with Gasteiger partial charge in [-0.3, -0.25) is 4.79 Å². The molecule has 0 aliphatic carbocycles. The van der Waals surface area contributed by atoms with E-state index in [4.69, 9.17) is 4.74 Å². The molecule has 3 N–H and O–H groups in total. The van der Waals surface area contributed by atoms with Gasteiger partial charge in [-0.1, -0.05) is 36.4 Å². The number of hydrogen-bond donors (Lipinski definition) is 3. The largest absolute Gasteiger partial charge is 0.504 e. The van der Waals surface area contributed by atoms with Gasteiger partial charge in [-0.15, -0.1) is 0 Å².